The van der Waals surface area contributed by atoms with Crippen LogP contribution in [0.15, 0.2) is 0 Å². The van der Waals surface area contributed by atoms with Crippen molar-refractivity contribution in [2.24, 2.45) is 5.41 Å². The third kappa shape index (κ3) is 1.64. The second kappa shape index (κ2) is 4.24. The van der Waals surface area contributed by atoms with Crippen molar-refractivity contribution in [2.75, 3.05) is 19.8 Å². The van der Waals surface area contributed by atoms with E-state index in [1.54, 1.807) is 0 Å². The minimum absolute atomic E-state index is 0.514. The van der Waals surface area contributed by atoms with E-state index in [9.17, 15) is 0 Å². The summed E-state index contributed by atoms with van der Waals surface area (Å²) < 4.78 is 5.41. The second-order valence-electron chi connectivity index (χ2n) is 3.59. The number of rotatable bonds is 0. The van der Waals surface area contributed by atoms with Crippen LogP contribution in [0.4, 0.5) is 0 Å². The first kappa shape index (κ1) is 10.0. The van der Waals surface area contributed by atoms with Crippen LogP contribution < -0.4 is 5.32 Å². The zero-order valence-electron chi connectivity index (χ0n) is 8.52. The Kier molecular flexibility index (Phi) is 3.53. The van der Waals surface area contributed by atoms with Gasteiger partial charge in [0.05, 0.1) is 6.61 Å². The Morgan fingerprint density at radius 3 is 2.50 bits per heavy atom. The molecule has 72 valence electrons. The van der Waals surface area contributed by atoms with Crippen LogP contribution in [-0.2, 0) is 4.74 Å². The Labute approximate surface area is 75.7 Å². The minimum atomic E-state index is 0.514. The number of hydrogen-bond acceptors (Lipinski definition) is 2. The molecule has 2 fully saturated rings. The van der Waals surface area contributed by atoms with Gasteiger partial charge in [0, 0.05) is 18.1 Å². The number of hydrogen-bond donors (Lipinski definition) is 1. The first-order chi connectivity index (χ1) is 5.83. The first-order valence-corrected chi connectivity index (χ1v) is 5.15. The topological polar surface area (TPSA) is 21.3 Å². The van der Waals surface area contributed by atoms with Gasteiger partial charge in [0.15, 0.2) is 0 Å². The summed E-state index contributed by atoms with van der Waals surface area (Å²) in [5.74, 6) is 0. The molecule has 2 rings (SSSR count). The lowest BCUT2D eigenvalue weighted by Crippen LogP contribution is -2.34. The van der Waals surface area contributed by atoms with Crippen molar-refractivity contribution < 1.29 is 4.74 Å². The normalized spacial score (nSPS) is 39.8. The fourth-order valence-electron chi connectivity index (χ4n) is 2.13. The lowest BCUT2D eigenvalue weighted by Gasteiger charge is -2.25. The summed E-state index contributed by atoms with van der Waals surface area (Å²) in [6.07, 6.45) is 2.58. The summed E-state index contributed by atoms with van der Waals surface area (Å²) in [7, 11) is 0. The van der Waals surface area contributed by atoms with Crippen molar-refractivity contribution in [3.63, 3.8) is 0 Å². The predicted molar refractivity (Wildman–Crippen MR) is 51.3 cm³/mol. The van der Waals surface area contributed by atoms with Crippen molar-refractivity contribution in [2.45, 2.75) is 39.7 Å². The van der Waals surface area contributed by atoms with Gasteiger partial charge in [-0.1, -0.05) is 13.8 Å². The average Bonchev–Trinajstić information content (AvgIpc) is 2.70. The molecule has 2 atom stereocenters. The van der Waals surface area contributed by atoms with E-state index < -0.39 is 0 Å². The molecule has 0 aliphatic carbocycles. The van der Waals surface area contributed by atoms with Crippen LogP contribution in [-0.4, -0.2) is 25.8 Å². The molecule has 2 saturated heterocycles. The number of ether oxygens (including phenoxy) is 1. The van der Waals surface area contributed by atoms with E-state index >= 15 is 0 Å². The standard InChI is InChI=1S/C8H15NO.C2H6/c1-7-8(2-4-9-7)3-5-10-6-8;1-2/h7,9H,2-6H2,1H3;1-2H3. The van der Waals surface area contributed by atoms with E-state index in [4.69, 9.17) is 4.74 Å². The highest BCUT2D eigenvalue weighted by Gasteiger charge is 2.42. The Hall–Kier alpha value is -0.0800. The van der Waals surface area contributed by atoms with Crippen LogP contribution in [0.2, 0.25) is 0 Å². The molecule has 1 N–H and O–H groups in total. The van der Waals surface area contributed by atoms with Crippen LogP contribution >= 0.6 is 0 Å². The van der Waals surface area contributed by atoms with Gasteiger partial charge in [0.1, 0.15) is 0 Å². The Morgan fingerprint density at radius 2 is 2.08 bits per heavy atom. The molecule has 2 aliphatic heterocycles. The van der Waals surface area contributed by atoms with E-state index in [0.29, 0.717) is 11.5 Å². The summed E-state index contributed by atoms with van der Waals surface area (Å²) in [4.78, 5) is 0. The Bertz CT molecular complexity index is 124. The van der Waals surface area contributed by atoms with Gasteiger partial charge in [-0.3, -0.25) is 0 Å². The smallest absolute Gasteiger partial charge is 0.0538 e. The third-order valence-electron chi connectivity index (χ3n) is 3.13. The van der Waals surface area contributed by atoms with Gasteiger partial charge in [0.25, 0.3) is 0 Å². The quantitative estimate of drug-likeness (QED) is 0.600. The molecular formula is C10H21NO. The first-order valence-electron chi connectivity index (χ1n) is 5.15. The number of nitrogens with one attached hydrogen (secondary N) is 1. The lowest BCUT2D eigenvalue weighted by molar-refractivity contribution is 0.146. The fraction of sp³-hybridized carbons (Fsp3) is 1.00. The molecule has 2 heterocycles. The molecule has 0 aromatic rings. The van der Waals surface area contributed by atoms with Crippen LogP contribution in [0.25, 0.3) is 0 Å². The van der Waals surface area contributed by atoms with Crippen LogP contribution in [0.1, 0.15) is 33.6 Å². The van der Waals surface area contributed by atoms with Gasteiger partial charge in [-0.05, 0) is 26.3 Å². The van der Waals surface area contributed by atoms with E-state index in [1.165, 1.54) is 19.4 Å². The molecule has 2 unspecified atom stereocenters. The molecule has 0 amide bonds. The minimum Gasteiger partial charge on any atom is -0.381 e. The summed E-state index contributed by atoms with van der Waals surface area (Å²) in [6, 6.07) is 0.676. The largest absolute Gasteiger partial charge is 0.381 e. The van der Waals surface area contributed by atoms with Gasteiger partial charge in [0.2, 0.25) is 0 Å². The van der Waals surface area contributed by atoms with Gasteiger partial charge < -0.3 is 10.1 Å². The van der Waals surface area contributed by atoms with Crippen molar-refractivity contribution >= 4 is 0 Å². The SMILES string of the molecule is CC.CC1NCCC12CCOC2. The lowest BCUT2D eigenvalue weighted by atomic mass is 9.81. The predicted octanol–water partition coefficient (Wildman–Crippen LogP) is 1.80. The molecule has 2 nitrogen and oxygen atoms in total. The summed E-state index contributed by atoms with van der Waals surface area (Å²) >= 11 is 0. The molecule has 12 heavy (non-hydrogen) atoms. The monoisotopic (exact) mass is 171 g/mol. The molecule has 1 spiro atoms. The summed E-state index contributed by atoms with van der Waals surface area (Å²) in [5.41, 5.74) is 0.514. The van der Waals surface area contributed by atoms with E-state index in [1.807, 2.05) is 13.8 Å². The van der Waals surface area contributed by atoms with Crippen LogP contribution in [0, 0.1) is 5.41 Å². The van der Waals surface area contributed by atoms with E-state index in [2.05, 4.69) is 12.2 Å². The van der Waals surface area contributed by atoms with Gasteiger partial charge in [-0.25, -0.2) is 0 Å². The molecular weight excluding hydrogens is 150 g/mol. The molecule has 2 heteroatoms. The molecule has 0 aromatic heterocycles. The zero-order chi connectivity index (χ0) is 9.03. The van der Waals surface area contributed by atoms with Gasteiger partial charge >= 0.3 is 0 Å². The molecule has 0 radical (unpaired) electrons. The highest BCUT2D eigenvalue weighted by atomic mass is 16.5. The maximum Gasteiger partial charge on any atom is 0.0538 e. The maximum atomic E-state index is 5.41. The van der Waals surface area contributed by atoms with Crippen molar-refractivity contribution in [1.29, 1.82) is 0 Å². The highest BCUT2D eigenvalue weighted by Crippen LogP contribution is 2.38. The van der Waals surface area contributed by atoms with E-state index in [-0.39, 0.29) is 0 Å². The molecule has 0 saturated carbocycles. The summed E-state index contributed by atoms with van der Waals surface area (Å²) in [6.45, 7) is 9.43. The van der Waals surface area contributed by atoms with Crippen LogP contribution in [0.5, 0.6) is 0 Å². The third-order valence-corrected chi connectivity index (χ3v) is 3.13. The summed E-state index contributed by atoms with van der Waals surface area (Å²) in [5, 5.41) is 3.47. The molecule has 0 aromatic carbocycles. The highest BCUT2D eigenvalue weighted by molar-refractivity contribution is 4.96. The van der Waals surface area contributed by atoms with E-state index in [0.717, 1.165) is 13.2 Å². The van der Waals surface area contributed by atoms with Crippen molar-refractivity contribution in [3.05, 3.63) is 0 Å². The van der Waals surface area contributed by atoms with Crippen molar-refractivity contribution in [1.82, 2.24) is 5.32 Å². The van der Waals surface area contributed by atoms with Gasteiger partial charge in [-0.2, -0.15) is 0 Å². The second-order valence-corrected chi connectivity index (χ2v) is 3.59. The van der Waals surface area contributed by atoms with Gasteiger partial charge in [-0.15, -0.1) is 0 Å². The van der Waals surface area contributed by atoms with Crippen LogP contribution in [0.3, 0.4) is 0 Å². The van der Waals surface area contributed by atoms with Crippen molar-refractivity contribution in [3.8, 4) is 0 Å². The zero-order valence-corrected chi connectivity index (χ0v) is 8.52. The Morgan fingerprint density at radius 1 is 1.33 bits per heavy atom. The average molecular weight is 171 g/mol. The fourth-order valence-corrected chi connectivity index (χ4v) is 2.13. The molecule has 2 aliphatic rings. The maximum absolute atomic E-state index is 5.41. The Balaban J connectivity index is 0.000000336. The molecule has 0 bridgehead atoms.